The number of likely N-dealkylation sites (N-methyl/N-ethyl adjacent to an activating group) is 1. The smallest absolute Gasteiger partial charge is 0.116 e. The lowest BCUT2D eigenvalue weighted by atomic mass is 10.2. The molecule has 0 fully saturated rings. The van der Waals surface area contributed by atoms with Crippen LogP contribution in [0.4, 0.5) is 0 Å². The van der Waals surface area contributed by atoms with E-state index in [9.17, 15) is 4.79 Å². The highest BCUT2D eigenvalue weighted by Crippen LogP contribution is 1.76. The van der Waals surface area contributed by atoms with Crippen molar-refractivity contribution in [2.24, 2.45) is 0 Å². The van der Waals surface area contributed by atoms with Crippen LogP contribution in [0.2, 0.25) is 0 Å². The van der Waals surface area contributed by atoms with Crippen LogP contribution in [0, 0.1) is 6.92 Å². The zero-order chi connectivity index (χ0) is 5.86. The summed E-state index contributed by atoms with van der Waals surface area (Å²) in [6.07, 6.45) is 0. The van der Waals surface area contributed by atoms with Crippen LogP contribution in [0.3, 0.4) is 0 Å². The summed E-state index contributed by atoms with van der Waals surface area (Å²) >= 11 is 0. The fourth-order valence-electron chi connectivity index (χ4n) is 0.203. The van der Waals surface area contributed by atoms with E-state index in [1.165, 1.54) is 6.92 Å². The highest BCUT2D eigenvalue weighted by molar-refractivity contribution is 5.81. The lowest BCUT2D eigenvalue weighted by Crippen LogP contribution is -2.28. The van der Waals surface area contributed by atoms with E-state index in [2.05, 4.69) is 12.2 Å². The lowest BCUT2D eigenvalue weighted by molar-refractivity contribution is -0.117. The van der Waals surface area contributed by atoms with E-state index in [1.54, 1.807) is 7.05 Å². The number of ketones is 1. The van der Waals surface area contributed by atoms with Gasteiger partial charge in [0.25, 0.3) is 0 Å². The molecule has 0 bridgehead atoms. The molecule has 2 nitrogen and oxygen atoms in total. The Labute approximate surface area is 43.9 Å². The number of carbonyl (C=O) groups is 1. The van der Waals surface area contributed by atoms with Gasteiger partial charge in [0.1, 0.15) is 5.78 Å². The van der Waals surface area contributed by atoms with E-state index in [0.717, 1.165) is 0 Å². The van der Waals surface area contributed by atoms with Crippen molar-refractivity contribution in [1.82, 2.24) is 5.32 Å². The summed E-state index contributed by atoms with van der Waals surface area (Å²) in [5.41, 5.74) is 0. The SMILES string of the molecule is [CH2-]C(NC)C(C)=O. The van der Waals surface area contributed by atoms with E-state index >= 15 is 0 Å². The first-order chi connectivity index (χ1) is 3.18. The van der Waals surface area contributed by atoms with Crippen LogP contribution < -0.4 is 5.32 Å². The Morgan fingerprint density at radius 2 is 2.29 bits per heavy atom. The number of Topliss-reactive ketones (excluding diaryl/α,β-unsaturated/α-hetero) is 1. The molecule has 42 valence electrons. The second-order valence-electron chi connectivity index (χ2n) is 1.45. The monoisotopic (exact) mass is 100 g/mol. The second-order valence-corrected chi connectivity index (χ2v) is 1.45. The van der Waals surface area contributed by atoms with Gasteiger partial charge in [-0.15, -0.1) is 0 Å². The average Bonchev–Trinajstić information content (AvgIpc) is 1.65. The molecule has 0 radical (unpaired) electrons. The summed E-state index contributed by atoms with van der Waals surface area (Å²) in [6, 6.07) is -0.236. The first kappa shape index (κ1) is 6.63. The number of hydrogen-bond acceptors (Lipinski definition) is 2. The van der Waals surface area contributed by atoms with Crippen molar-refractivity contribution in [3.63, 3.8) is 0 Å². The first-order valence-electron chi connectivity index (χ1n) is 2.19. The van der Waals surface area contributed by atoms with Crippen molar-refractivity contribution < 1.29 is 4.79 Å². The van der Waals surface area contributed by atoms with Gasteiger partial charge < -0.3 is 17.0 Å². The van der Waals surface area contributed by atoms with Crippen LogP contribution >= 0.6 is 0 Å². The third kappa shape index (κ3) is 2.34. The topological polar surface area (TPSA) is 29.1 Å². The Hall–Kier alpha value is -0.370. The van der Waals surface area contributed by atoms with Gasteiger partial charge in [0.15, 0.2) is 0 Å². The van der Waals surface area contributed by atoms with Crippen molar-refractivity contribution in [3.05, 3.63) is 6.92 Å². The van der Waals surface area contributed by atoms with Crippen LogP contribution in [0.15, 0.2) is 0 Å². The largest absolute Gasteiger partial charge is 0.339 e. The summed E-state index contributed by atoms with van der Waals surface area (Å²) in [7, 11) is 1.71. The van der Waals surface area contributed by atoms with Gasteiger partial charge in [0, 0.05) is 0 Å². The van der Waals surface area contributed by atoms with E-state index < -0.39 is 0 Å². The fraction of sp³-hybridized carbons (Fsp3) is 0.600. The maximum absolute atomic E-state index is 10.2. The summed E-state index contributed by atoms with van der Waals surface area (Å²) in [6.45, 7) is 5.00. The van der Waals surface area contributed by atoms with E-state index in [0.29, 0.717) is 0 Å². The van der Waals surface area contributed by atoms with E-state index in [-0.39, 0.29) is 11.8 Å². The van der Waals surface area contributed by atoms with Crippen LogP contribution in [-0.4, -0.2) is 18.9 Å². The number of carbonyl (C=O) groups excluding carboxylic acids is 1. The highest BCUT2D eigenvalue weighted by Gasteiger charge is 1.92. The van der Waals surface area contributed by atoms with Crippen LogP contribution in [-0.2, 0) is 4.79 Å². The number of nitrogens with one attached hydrogen (secondary N) is 1. The normalized spacial score (nSPS) is 13.6. The first-order valence-corrected chi connectivity index (χ1v) is 2.19. The summed E-state index contributed by atoms with van der Waals surface area (Å²) in [5, 5.41) is 2.70. The van der Waals surface area contributed by atoms with Crippen molar-refractivity contribution in [3.8, 4) is 0 Å². The quantitative estimate of drug-likeness (QED) is 0.495. The minimum absolute atomic E-state index is 0.0718. The molecule has 0 amide bonds. The highest BCUT2D eigenvalue weighted by atomic mass is 16.1. The molecule has 0 aliphatic heterocycles. The lowest BCUT2D eigenvalue weighted by Gasteiger charge is -2.09. The Morgan fingerprint density at radius 3 is 2.29 bits per heavy atom. The van der Waals surface area contributed by atoms with Gasteiger partial charge in [0.2, 0.25) is 0 Å². The summed E-state index contributed by atoms with van der Waals surface area (Å²) < 4.78 is 0. The van der Waals surface area contributed by atoms with Gasteiger partial charge in [-0.3, -0.25) is 0 Å². The van der Waals surface area contributed by atoms with Gasteiger partial charge >= 0.3 is 0 Å². The third-order valence-electron chi connectivity index (χ3n) is 0.839. The summed E-state index contributed by atoms with van der Waals surface area (Å²) in [5.74, 6) is 0.0718. The molecule has 0 saturated carbocycles. The molecule has 7 heavy (non-hydrogen) atoms. The Balaban J connectivity index is 3.34. The molecule has 0 aliphatic rings. The molecule has 0 aromatic carbocycles. The number of hydrogen-bond donors (Lipinski definition) is 1. The molecule has 0 aromatic heterocycles. The van der Waals surface area contributed by atoms with Crippen LogP contribution in [0.25, 0.3) is 0 Å². The molecule has 1 atom stereocenters. The Morgan fingerprint density at radius 1 is 1.86 bits per heavy atom. The minimum atomic E-state index is -0.236. The summed E-state index contributed by atoms with van der Waals surface area (Å²) in [4.78, 5) is 10.2. The molecular weight excluding hydrogens is 90.1 g/mol. The average molecular weight is 100 g/mol. The van der Waals surface area contributed by atoms with Gasteiger partial charge in [-0.25, -0.2) is 0 Å². The molecule has 0 heterocycles. The fourth-order valence-corrected chi connectivity index (χ4v) is 0.203. The van der Waals surface area contributed by atoms with Crippen LogP contribution in [0.1, 0.15) is 6.92 Å². The predicted octanol–water partition coefficient (Wildman–Crippen LogP) is -0.00251. The molecule has 0 rings (SSSR count). The third-order valence-corrected chi connectivity index (χ3v) is 0.839. The van der Waals surface area contributed by atoms with Crippen molar-refractivity contribution in [1.29, 1.82) is 0 Å². The maximum atomic E-state index is 10.2. The van der Waals surface area contributed by atoms with E-state index in [1.807, 2.05) is 0 Å². The molecule has 0 saturated heterocycles. The minimum Gasteiger partial charge on any atom is -0.339 e. The standard InChI is InChI=1S/C5H10NO/c1-4(6-3)5(2)7/h4,6H,1H2,2-3H3/q-1. The molecule has 2 heteroatoms. The number of rotatable bonds is 2. The van der Waals surface area contributed by atoms with Crippen molar-refractivity contribution >= 4 is 5.78 Å². The Kier molecular flexibility index (Phi) is 2.60. The molecule has 0 aromatic rings. The van der Waals surface area contributed by atoms with Crippen molar-refractivity contribution in [2.75, 3.05) is 7.05 Å². The van der Waals surface area contributed by atoms with Gasteiger partial charge in [-0.1, -0.05) is 6.04 Å². The molecule has 0 spiro atoms. The maximum Gasteiger partial charge on any atom is 0.116 e. The molecular formula is C5H10NO-. The van der Waals surface area contributed by atoms with Crippen LogP contribution in [0.5, 0.6) is 0 Å². The Bertz CT molecular complexity index is 70.5. The van der Waals surface area contributed by atoms with E-state index in [4.69, 9.17) is 0 Å². The van der Waals surface area contributed by atoms with Gasteiger partial charge in [-0.05, 0) is 14.0 Å². The van der Waals surface area contributed by atoms with Crippen molar-refractivity contribution in [2.45, 2.75) is 13.0 Å². The second kappa shape index (κ2) is 2.75. The zero-order valence-corrected chi connectivity index (χ0v) is 4.69. The zero-order valence-electron chi connectivity index (χ0n) is 4.69. The van der Waals surface area contributed by atoms with Gasteiger partial charge in [0.05, 0.1) is 0 Å². The molecule has 1 N–H and O–H groups in total. The van der Waals surface area contributed by atoms with Gasteiger partial charge in [-0.2, -0.15) is 0 Å². The molecule has 0 aliphatic carbocycles. The molecule has 1 unspecified atom stereocenters. The predicted molar refractivity (Wildman–Crippen MR) is 28.9 cm³/mol.